The lowest BCUT2D eigenvalue weighted by Crippen LogP contribution is -2.31. The molecule has 0 spiro atoms. The fraction of sp³-hybridized carbons (Fsp3) is 0.538. The van der Waals surface area contributed by atoms with E-state index in [0.29, 0.717) is 25.5 Å². The maximum Gasteiger partial charge on any atom is 0.221 e. The van der Waals surface area contributed by atoms with Crippen LogP contribution in [0.4, 0.5) is 5.69 Å². The van der Waals surface area contributed by atoms with Gasteiger partial charge in [0.15, 0.2) is 0 Å². The average molecular weight is 251 g/mol. The molecule has 0 aliphatic heterocycles. The summed E-state index contributed by atoms with van der Waals surface area (Å²) >= 11 is 0. The molecule has 2 N–H and O–H groups in total. The van der Waals surface area contributed by atoms with Gasteiger partial charge in [0.1, 0.15) is 0 Å². The van der Waals surface area contributed by atoms with Crippen LogP contribution in [0, 0.1) is 0 Å². The molecule has 0 radical (unpaired) electrons. The second-order valence-corrected chi connectivity index (χ2v) is 4.22. The van der Waals surface area contributed by atoms with Gasteiger partial charge in [0.25, 0.3) is 0 Å². The number of hydrogen-bond donors (Lipinski definition) is 2. The minimum Gasteiger partial charge on any atom is -0.478 e. The normalized spacial score (nSPS) is 10.2. The Morgan fingerprint density at radius 3 is 2.78 bits per heavy atom. The van der Waals surface area contributed by atoms with E-state index in [1.165, 1.54) is 0 Å². The highest BCUT2D eigenvalue weighted by Crippen LogP contribution is 2.11. The third kappa shape index (κ3) is 5.52. The van der Waals surface area contributed by atoms with Crippen LogP contribution in [-0.4, -0.2) is 30.1 Å². The monoisotopic (exact) mass is 251 g/mol. The number of carbonyl (C=O) groups excluding carboxylic acids is 1. The van der Waals surface area contributed by atoms with Crippen LogP contribution in [0.15, 0.2) is 18.3 Å². The summed E-state index contributed by atoms with van der Waals surface area (Å²) in [7, 11) is 0. The predicted octanol–water partition coefficient (Wildman–Crippen LogP) is 1.81. The SMILES string of the molecule is CCOc1ccc(NCCC(=O)NC(C)C)cn1. The van der Waals surface area contributed by atoms with E-state index in [4.69, 9.17) is 4.74 Å². The van der Waals surface area contributed by atoms with Crippen molar-refractivity contribution in [2.24, 2.45) is 0 Å². The highest BCUT2D eigenvalue weighted by molar-refractivity contribution is 5.76. The number of nitrogens with zero attached hydrogens (tertiary/aromatic N) is 1. The zero-order valence-electron chi connectivity index (χ0n) is 11.2. The third-order valence-electron chi connectivity index (χ3n) is 2.16. The first-order chi connectivity index (χ1) is 8.61. The van der Waals surface area contributed by atoms with Gasteiger partial charge < -0.3 is 15.4 Å². The third-order valence-corrected chi connectivity index (χ3v) is 2.16. The van der Waals surface area contributed by atoms with Gasteiger partial charge in [0.2, 0.25) is 11.8 Å². The summed E-state index contributed by atoms with van der Waals surface area (Å²) in [5, 5.41) is 5.98. The van der Waals surface area contributed by atoms with Crippen LogP contribution >= 0.6 is 0 Å². The molecule has 0 aliphatic carbocycles. The van der Waals surface area contributed by atoms with Gasteiger partial charge in [-0.1, -0.05) is 0 Å². The zero-order chi connectivity index (χ0) is 13.4. The van der Waals surface area contributed by atoms with Crippen LogP contribution in [-0.2, 0) is 4.79 Å². The molecule has 18 heavy (non-hydrogen) atoms. The lowest BCUT2D eigenvalue weighted by molar-refractivity contribution is -0.121. The first-order valence-corrected chi connectivity index (χ1v) is 6.24. The number of rotatable bonds is 7. The van der Waals surface area contributed by atoms with E-state index >= 15 is 0 Å². The Hall–Kier alpha value is -1.78. The summed E-state index contributed by atoms with van der Waals surface area (Å²) < 4.78 is 5.24. The molecule has 0 aliphatic rings. The van der Waals surface area contributed by atoms with Crippen molar-refractivity contribution in [3.05, 3.63) is 18.3 Å². The Morgan fingerprint density at radius 1 is 1.44 bits per heavy atom. The van der Waals surface area contributed by atoms with Gasteiger partial charge in [-0.05, 0) is 26.8 Å². The molecule has 0 saturated heterocycles. The molecular formula is C13H21N3O2. The molecule has 5 nitrogen and oxygen atoms in total. The number of nitrogens with one attached hydrogen (secondary N) is 2. The number of anilines is 1. The van der Waals surface area contributed by atoms with Crippen molar-refractivity contribution in [3.63, 3.8) is 0 Å². The van der Waals surface area contributed by atoms with Crippen LogP contribution in [0.5, 0.6) is 5.88 Å². The second-order valence-electron chi connectivity index (χ2n) is 4.22. The van der Waals surface area contributed by atoms with Crippen LogP contribution in [0.3, 0.4) is 0 Å². The predicted molar refractivity (Wildman–Crippen MR) is 71.8 cm³/mol. The van der Waals surface area contributed by atoms with Crippen molar-refractivity contribution in [2.45, 2.75) is 33.2 Å². The Morgan fingerprint density at radius 2 is 2.22 bits per heavy atom. The highest BCUT2D eigenvalue weighted by Gasteiger charge is 2.02. The first-order valence-electron chi connectivity index (χ1n) is 6.24. The van der Waals surface area contributed by atoms with Crippen molar-refractivity contribution in [2.75, 3.05) is 18.5 Å². The Bertz CT molecular complexity index is 363. The maximum absolute atomic E-state index is 11.4. The second kappa shape index (κ2) is 7.53. The summed E-state index contributed by atoms with van der Waals surface area (Å²) in [5.41, 5.74) is 0.885. The molecule has 1 aromatic rings. The largest absolute Gasteiger partial charge is 0.478 e. The summed E-state index contributed by atoms with van der Waals surface area (Å²) in [6.07, 6.45) is 2.15. The molecule has 0 fully saturated rings. The number of aromatic nitrogens is 1. The number of hydrogen-bond acceptors (Lipinski definition) is 4. The van der Waals surface area contributed by atoms with Gasteiger partial charge in [-0.2, -0.15) is 0 Å². The lowest BCUT2D eigenvalue weighted by atomic mass is 10.3. The van der Waals surface area contributed by atoms with Crippen molar-refractivity contribution in [1.29, 1.82) is 0 Å². The maximum atomic E-state index is 11.4. The number of amides is 1. The van der Waals surface area contributed by atoms with Gasteiger partial charge in [0.05, 0.1) is 18.5 Å². The van der Waals surface area contributed by atoms with Crippen LogP contribution in [0.2, 0.25) is 0 Å². The molecule has 1 heterocycles. The number of ether oxygens (including phenoxy) is 1. The standard InChI is InChI=1S/C13H21N3O2/c1-4-18-13-6-5-11(9-15-13)14-8-7-12(17)16-10(2)3/h5-6,9-10,14H,4,7-8H2,1-3H3,(H,16,17). The first kappa shape index (κ1) is 14.3. The minimum atomic E-state index is 0.0522. The van der Waals surface area contributed by atoms with E-state index in [2.05, 4.69) is 15.6 Å². The Kier molecular flexibility index (Phi) is 5.97. The lowest BCUT2D eigenvalue weighted by Gasteiger charge is -2.09. The highest BCUT2D eigenvalue weighted by atomic mass is 16.5. The molecule has 1 rings (SSSR count). The van der Waals surface area contributed by atoms with Gasteiger partial charge >= 0.3 is 0 Å². The van der Waals surface area contributed by atoms with E-state index in [1.54, 1.807) is 12.3 Å². The molecular weight excluding hydrogens is 230 g/mol. The quantitative estimate of drug-likeness (QED) is 0.775. The zero-order valence-corrected chi connectivity index (χ0v) is 11.2. The molecule has 0 bridgehead atoms. The average Bonchev–Trinajstić information content (AvgIpc) is 2.31. The van der Waals surface area contributed by atoms with Crippen LogP contribution in [0.1, 0.15) is 27.2 Å². The molecule has 5 heteroatoms. The molecule has 1 amide bonds. The van der Waals surface area contributed by atoms with Gasteiger partial charge in [-0.3, -0.25) is 4.79 Å². The van der Waals surface area contributed by atoms with Crippen molar-refractivity contribution < 1.29 is 9.53 Å². The molecule has 0 saturated carbocycles. The van der Waals surface area contributed by atoms with Gasteiger partial charge in [-0.25, -0.2) is 4.98 Å². The van der Waals surface area contributed by atoms with E-state index in [1.807, 2.05) is 26.8 Å². The van der Waals surface area contributed by atoms with Crippen LogP contribution < -0.4 is 15.4 Å². The molecule has 0 unspecified atom stereocenters. The van der Waals surface area contributed by atoms with Crippen molar-refractivity contribution in [1.82, 2.24) is 10.3 Å². The Balaban J connectivity index is 2.28. The topological polar surface area (TPSA) is 63.2 Å². The van der Waals surface area contributed by atoms with Crippen molar-refractivity contribution in [3.8, 4) is 5.88 Å². The number of pyridine rings is 1. The Labute approximate surface area is 108 Å². The smallest absolute Gasteiger partial charge is 0.221 e. The van der Waals surface area contributed by atoms with Crippen molar-refractivity contribution >= 4 is 11.6 Å². The molecule has 0 aromatic carbocycles. The van der Waals surface area contributed by atoms with E-state index in [-0.39, 0.29) is 11.9 Å². The van der Waals surface area contributed by atoms with Crippen LogP contribution in [0.25, 0.3) is 0 Å². The summed E-state index contributed by atoms with van der Waals surface area (Å²) in [6, 6.07) is 3.88. The molecule has 1 aromatic heterocycles. The van der Waals surface area contributed by atoms with E-state index in [9.17, 15) is 4.79 Å². The van der Waals surface area contributed by atoms with Gasteiger partial charge in [0, 0.05) is 25.1 Å². The fourth-order valence-corrected chi connectivity index (χ4v) is 1.43. The van der Waals surface area contributed by atoms with E-state index in [0.717, 1.165) is 5.69 Å². The fourth-order valence-electron chi connectivity index (χ4n) is 1.43. The summed E-state index contributed by atoms with van der Waals surface area (Å²) in [5.74, 6) is 0.664. The van der Waals surface area contributed by atoms with E-state index < -0.39 is 0 Å². The van der Waals surface area contributed by atoms with Gasteiger partial charge in [-0.15, -0.1) is 0 Å². The molecule has 0 atom stereocenters. The number of carbonyl (C=O) groups is 1. The minimum absolute atomic E-state index is 0.0522. The molecule has 100 valence electrons. The summed E-state index contributed by atoms with van der Waals surface area (Å²) in [4.78, 5) is 15.5. The summed E-state index contributed by atoms with van der Waals surface area (Å²) in [6.45, 7) is 7.01.